The van der Waals surface area contributed by atoms with Gasteiger partial charge in [-0.3, -0.25) is 0 Å². The summed E-state index contributed by atoms with van der Waals surface area (Å²) in [5.41, 5.74) is 3.13. The summed E-state index contributed by atoms with van der Waals surface area (Å²) in [4.78, 5) is 21.4. The molecule has 2 heterocycles. The van der Waals surface area contributed by atoms with Crippen LogP contribution in [0.5, 0.6) is 0 Å². The quantitative estimate of drug-likeness (QED) is 0.604. The highest BCUT2D eigenvalue weighted by molar-refractivity contribution is 6.37. The average Bonchev–Trinajstić information content (AvgIpc) is 2.78. The Labute approximate surface area is 176 Å². The van der Waals surface area contributed by atoms with Gasteiger partial charge in [0.15, 0.2) is 0 Å². The SMILES string of the molecule is COC(=O)C1=Nc2c(N3CCN(C)CC3)cccc2C(O)(OCc2ccccc2)C1. The zero-order valence-electron chi connectivity index (χ0n) is 17.4. The van der Waals surface area contributed by atoms with Crippen LogP contribution in [0.3, 0.4) is 0 Å². The first-order chi connectivity index (χ1) is 14.5. The van der Waals surface area contributed by atoms with E-state index in [1.165, 1.54) is 7.11 Å². The molecule has 158 valence electrons. The minimum absolute atomic E-state index is 0.0638. The second-order valence-electron chi connectivity index (χ2n) is 7.75. The first-order valence-corrected chi connectivity index (χ1v) is 10.1. The van der Waals surface area contributed by atoms with Gasteiger partial charge in [-0.2, -0.15) is 0 Å². The number of piperazine rings is 1. The van der Waals surface area contributed by atoms with E-state index in [2.05, 4.69) is 21.8 Å². The standard InChI is InChI=1S/C23H27N3O4/c1-25-11-13-26(14-12-25)20-10-6-9-18-21(20)24-19(22(27)29-2)15-23(18,28)30-16-17-7-4-3-5-8-17/h3-10,28H,11-16H2,1-2H3. The van der Waals surface area contributed by atoms with Crippen molar-refractivity contribution in [3.8, 4) is 0 Å². The molecule has 2 aliphatic heterocycles. The van der Waals surface area contributed by atoms with Crippen LogP contribution < -0.4 is 4.90 Å². The van der Waals surface area contributed by atoms with Gasteiger partial charge >= 0.3 is 5.97 Å². The third-order valence-electron chi connectivity index (χ3n) is 5.67. The Morgan fingerprint density at radius 2 is 1.83 bits per heavy atom. The summed E-state index contributed by atoms with van der Waals surface area (Å²) in [5.74, 6) is -2.23. The van der Waals surface area contributed by atoms with Gasteiger partial charge in [-0.05, 0) is 18.7 Å². The van der Waals surface area contributed by atoms with Crippen molar-refractivity contribution in [2.45, 2.75) is 18.8 Å². The van der Waals surface area contributed by atoms with E-state index in [1.54, 1.807) is 0 Å². The third-order valence-corrected chi connectivity index (χ3v) is 5.67. The Kier molecular flexibility index (Phi) is 5.85. The zero-order valence-corrected chi connectivity index (χ0v) is 17.4. The molecule has 1 N–H and O–H groups in total. The predicted octanol–water partition coefficient (Wildman–Crippen LogP) is 2.45. The highest BCUT2D eigenvalue weighted by atomic mass is 16.6. The normalized spacial score (nSPS) is 21.7. The van der Waals surface area contributed by atoms with Crippen LogP contribution in [-0.2, 0) is 26.7 Å². The molecule has 0 aliphatic carbocycles. The van der Waals surface area contributed by atoms with Crippen LogP contribution in [0.15, 0.2) is 53.5 Å². The summed E-state index contributed by atoms with van der Waals surface area (Å²) >= 11 is 0. The van der Waals surface area contributed by atoms with Crippen LogP contribution in [-0.4, -0.2) is 62.0 Å². The first kappa shape index (κ1) is 20.5. The molecule has 2 aromatic rings. The van der Waals surface area contributed by atoms with Gasteiger partial charge in [-0.25, -0.2) is 9.79 Å². The Balaban J connectivity index is 1.71. The van der Waals surface area contributed by atoms with Crippen LogP contribution in [0.2, 0.25) is 0 Å². The monoisotopic (exact) mass is 409 g/mol. The van der Waals surface area contributed by atoms with Gasteiger partial charge in [0, 0.05) is 31.7 Å². The molecule has 0 aromatic heterocycles. The highest BCUT2D eigenvalue weighted by Crippen LogP contribution is 2.44. The lowest BCUT2D eigenvalue weighted by Gasteiger charge is -2.38. The number of likely N-dealkylation sites (N-methyl/N-ethyl adjacent to an activating group) is 1. The molecule has 0 saturated carbocycles. The van der Waals surface area contributed by atoms with E-state index in [-0.39, 0.29) is 18.7 Å². The minimum atomic E-state index is -1.67. The predicted molar refractivity (Wildman–Crippen MR) is 115 cm³/mol. The number of hydrogen-bond acceptors (Lipinski definition) is 7. The van der Waals surface area contributed by atoms with E-state index < -0.39 is 11.8 Å². The molecule has 1 unspecified atom stereocenters. The number of methoxy groups -OCH3 is 1. The number of carbonyl (C=O) groups is 1. The molecule has 2 aliphatic rings. The molecule has 1 fully saturated rings. The summed E-state index contributed by atoms with van der Waals surface area (Å²) in [6, 6.07) is 15.3. The molecule has 7 nitrogen and oxygen atoms in total. The number of aliphatic imine (C=N–C) groups is 1. The van der Waals surface area contributed by atoms with Gasteiger partial charge in [0.05, 0.1) is 31.5 Å². The number of anilines is 1. The highest BCUT2D eigenvalue weighted by Gasteiger charge is 2.41. The number of para-hydroxylation sites is 1. The summed E-state index contributed by atoms with van der Waals surface area (Å²) in [6.07, 6.45) is -0.0638. The number of fused-ring (bicyclic) bond motifs is 1. The number of carbonyl (C=O) groups excluding carboxylic acids is 1. The fourth-order valence-electron chi connectivity index (χ4n) is 3.90. The molecule has 1 saturated heterocycles. The molecule has 0 radical (unpaired) electrons. The van der Waals surface area contributed by atoms with E-state index in [9.17, 15) is 9.90 Å². The molecule has 1 atom stereocenters. The summed E-state index contributed by atoms with van der Waals surface area (Å²) in [7, 11) is 3.41. The maximum atomic E-state index is 12.3. The Bertz CT molecular complexity index is 939. The lowest BCUT2D eigenvalue weighted by Crippen LogP contribution is -2.45. The molecular formula is C23H27N3O4. The van der Waals surface area contributed by atoms with Crippen molar-refractivity contribution < 1.29 is 19.4 Å². The summed E-state index contributed by atoms with van der Waals surface area (Å²) < 4.78 is 10.9. The minimum Gasteiger partial charge on any atom is -0.465 e. The second kappa shape index (κ2) is 8.55. The molecule has 30 heavy (non-hydrogen) atoms. The van der Waals surface area contributed by atoms with E-state index in [0.717, 1.165) is 37.4 Å². The summed E-state index contributed by atoms with van der Waals surface area (Å²) in [6.45, 7) is 3.78. The number of nitrogens with zero attached hydrogens (tertiary/aromatic N) is 3. The Hall–Kier alpha value is -2.74. The maximum absolute atomic E-state index is 12.3. The van der Waals surface area contributed by atoms with E-state index >= 15 is 0 Å². The third kappa shape index (κ3) is 4.09. The number of benzene rings is 2. The molecular weight excluding hydrogens is 382 g/mol. The van der Waals surface area contributed by atoms with Crippen molar-refractivity contribution in [3.63, 3.8) is 0 Å². The van der Waals surface area contributed by atoms with Crippen molar-refractivity contribution >= 4 is 23.1 Å². The molecule has 2 aromatic carbocycles. The largest absolute Gasteiger partial charge is 0.465 e. The number of rotatable bonds is 5. The van der Waals surface area contributed by atoms with Gasteiger partial charge in [0.1, 0.15) is 5.71 Å². The molecule has 4 rings (SSSR count). The number of esters is 1. The van der Waals surface area contributed by atoms with Gasteiger partial charge < -0.3 is 24.4 Å². The number of hydrogen-bond donors (Lipinski definition) is 1. The van der Waals surface area contributed by atoms with E-state index in [0.29, 0.717) is 11.3 Å². The van der Waals surface area contributed by atoms with Crippen molar-refractivity contribution in [1.82, 2.24) is 4.90 Å². The van der Waals surface area contributed by atoms with E-state index in [4.69, 9.17) is 9.47 Å². The summed E-state index contributed by atoms with van der Waals surface area (Å²) in [5, 5.41) is 11.5. The lowest BCUT2D eigenvalue weighted by atomic mass is 9.93. The zero-order chi connectivity index (χ0) is 21.1. The number of aliphatic hydroxyl groups is 1. The van der Waals surface area contributed by atoms with Gasteiger partial charge in [-0.1, -0.05) is 42.5 Å². The van der Waals surface area contributed by atoms with Gasteiger partial charge in [0.25, 0.3) is 0 Å². The van der Waals surface area contributed by atoms with Crippen LogP contribution in [0.4, 0.5) is 11.4 Å². The molecule has 0 amide bonds. The molecule has 0 bridgehead atoms. The van der Waals surface area contributed by atoms with Crippen molar-refractivity contribution in [2.24, 2.45) is 4.99 Å². The van der Waals surface area contributed by atoms with E-state index in [1.807, 2.05) is 48.5 Å². The fraction of sp³-hybridized carbons (Fsp3) is 0.391. The fourth-order valence-corrected chi connectivity index (χ4v) is 3.90. The van der Waals surface area contributed by atoms with Gasteiger partial charge in [0.2, 0.25) is 5.79 Å². The topological polar surface area (TPSA) is 74.6 Å². The smallest absolute Gasteiger partial charge is 0.352 e. The van der Waals surface area contributed by atoms with Crippen LogP contribution in [0.25, 0.3) is 0 Å². The van der Waals surface area contributed by atoms with Crippen molar-refractivity contribution in [2.75, 3.05) is 45.2 Å². The second-order valence-corrected chi connectivity index (χ2v) is 7.75. The maximum Gasteiger partial charge on any atom is 0.352 e. The van der Waals surface area contributed by atoms with Crippen molar-refractivity contribution in [1.29, 1.82) is 0 Å². The van der Waals surface area contributed by atoms with Crippen molar-refractivity contribution in [3.05, 3.63) is 59.7 Å². The Morgan fingerprint density at radius 3 is 2.53 bits per heavy atom. The van der Waals surface area contributed by atoms with Crippen LogP contribution >= 0.6 is 0 Å². The number of ether oxygens (including phenoxy) is 2. The average molecular weight is 409 g/mol. The van der Waals surface area contributed by atoms with Crippen LogP contribution in [0, 0.1) is 0 Å². The lowest BCUT2D eigenvalue weighted by molar-refractivity contribution is -0.215. The van der Waals surface area contributed by atoms with Crippen LogP contribution in [0.1, 0.15) is 17.5 Å². The molecule has 0 spiro atoms. The Morgan fingerprint density at radius 1 is 1.10 bits per heavy atom. The van der Waals surface area contributed by atoms with Gasteiger partial charge in [-0.15, -0.1) is 0 Å². The first-order valence-electron chi connectivity index (χ1n) is 10.1. The molecule has 7 heteroatoms.